The summed E-state index contributed by atoms with van der Waals surface area (Å²) in [7, 11) is 0. The van der Waals surface area contributed by atoms with Gasteiger partial charge in [-0.2, -0.15) is 0 Å². The number of aliphatic carboxylic acids is 4. The van der Waals surface area contributed by atoms with Crippen LogP contribution in [0.3, 0.4) is 0 Å². The first kappa shape index (κ1) is 41.8. The van der Waals surface area contributed by atoms with E-state index in [9.17, 15) is 19.2 Å². The minimum atomic E-state index is -1.34. The van der Waals surface area contributed by atoms with Crippen molar-refractivity contribution < 1.29 is 84.5 Å². The Morgan fingerprint density at radius 2 is 0.818 bits per heavy atom. The Balaban J connectivity index is -0.000000165. The fraction of sp³-hybridized carbons (Fsp3) is 0.750. The number of carboxylic acids is 4. The second kappa shape index (κ2) is 32.7. The Morgan fingerprint density at radius 1 is 0.606 bits per heavy atom. The summed E-state index contributed by atoms with van der Waals surface area (Å²) in [5.41, 5.74) is 14.3. The Bertz CT molecular complexity index is 438. The molecule has 0 aliphatic rings. The van der Waals surface area contributed by atoms with Crippen molar-refractivity contribution in [3.8, 4) is 0 Å². The van der Waals surface area contributed by atoms with E-state index < -0.39 is 48.8 Å². The minimum absolute atomic E-state index is 0. The number of hydrogen-bond donors (Lipinski definition) is 12. The molecule has 0 aromatic rings. The molecule has 33 heavy (non-hydrogen) atoms. The van der Waals surface area contributed by atoms with Gasteiger partial charge in [-0.15, -0.1) is 0 Å². The molecular weight excluding hydrogens is 461 g/mol. The van der Waals surface area contributed by atoms with Gasteiger partial charge in [0.15, 0.2) is 0 Å². The normalized spacial score (nSPS) is 10.8. The molecule has 0 unspecified atom stereocenters. The van der Waals surface area contributed by atoms with Crippen LogP contribution in [0.2, 0.25) is 0 Å². The molecule has 0 saturated heterocycles. The zero-order valence-corrected chi connectivity index (χ0v) is 20.7. The van der Waals surface area contributed by atoms with Crippen molar-refractivity contribution in [2.45, 2.75) is 24.9 Å². The van der Waals surface area contributed by atoms with Gasteiger partial charge >= 0.3 is 53.4 Å². The molecule has 17 heteroatoms. The van der Waals surface area contributed by atoms with E-state index in [0.29, 0.717) is 19.6 Å². The van der Waals surface area contributed by atoms with Crippen LogP contribution in [0.15, 0.2) is 0 Å². The van der Waals surface area contributed by atoms with Crippen LogP contribution in [-0.2, 0) is 19.2 Å². The Hall–Kier alpha value is -1.44. The molecule has 0 rings (SSSR count). The molecule has 0 aliphatic heterocycles. The second-order valence-corrected chi connectivity index (χ2v) is 5.42. The number of aliphatic hydroxyl groups is 3. The van der Waals surface area contributed by atoms with Crippen LogP contribution in [0, 0.1) is 0 Å². The van der Waals surface area contributed by atoms with Gasteiger partial charge in [0.2, 0.25) is 0 Å². The number of hydrogen-bond acceptors (Lipinski definition) is 12. The summed E-state index contributed by atoms with van der Waals surface area (Å²) in [5, 5.41) is 62.5. The van der Waals surface area contributed by atoms with Crippen LogP contribution >= 0.6 is 0 Å². The number of nitrogens with two attached hydrogens (primary N) is 3. The van der Waals surface area contributed by atoms with Crippen molar-refractivity contribution in [3.05, 3.63) is 0 Å². The zero-order valence-electron chi connectivity index (χ0n) is 18.7. The molecule has 15 N–H and O–H groups in total. The largest absolute Gasteiger partial charge is 1.00 e. The molecule has 2 atom stereocenters. The third kappa shape index (κ3) is 41.3. The minimum Gasteiger partial charge on any atom is -0.481 e. The third-order valence-corrected chi connectivity index (χ3v) is 2.65. The predicted octanol–water partition coefficient (Wildman–Crippen LogP) is -8.16. The summed E-state index contributed by atoms with van der Waals surface area (Å²) in [4.78, 5) is 42.2. The topological polar surface area (TPSA) is 312 Å². The van der Waals surface area contributed by atoms with Gasteiger partial charge in [-0.3, -0.25) is 19.2 Å². The van der Waals surface area contributed by atoms with Crippen molar-refractivity contribution in [2.75, 3.05) is 52.5 Å². The van der Waals surface area contributed by atoms with E-state index in [2.05, 4.69) is 10.6 Å². The molecular formula is C16H37N5NaO11+. The standard InChI is InChI=1S/C10H16N2O8.3C2H7NO.Na/c13-7(14)3-5(9(17)18)11-1-2-12-6(10(19)20)4-8(15)16;3*3-1-2-4;/h5-6,11-12H,1-4H2,(H,13,14)(H,15,16)(H,17,18)(H,19,20);3*4H,1-3H2;/q;;;;+1/t5-,6-;;;;/m0..../s1. The van der Waals surface area contributed by atoms with Crippen molar-refractivity contribution in [2.24, 2.45) is 17.2 Å². The maximum atomic E-state index is 10.7. The maximum Gasteiger partial charge on any atom is 1.00 e. The third-order valence-electron chi connectivity index (χ3n) is 2.65. The number of nitrogens with one attached hydrogen (secondary N) is 2. The SMILES string of the molecule is NCCO.NCCO.NCCO.O=C(O)C[C@H](NCCN[C@@H](CC(=O)O)C(=O)O)C(=O)O.[Na+]. The summed E-state index contributed by atoms with van der Waals surface area (Å²) >= 11 is 0. The molecule has 192 valence electrons. The van der Waals surface area contributed by atoms with Crippen molar-refractivity contribution in [1.29, 1.82) is 0 Å². The quantitative estimate of drug-likeness (QED) is 0.0781. The van der Waals surface area contributed by atoms with Crippen molar-refractivity contribution in [3.63, 3.8) is 0 Å². The number of rotatable bonds is 14. The van der Waals surface area contributed by atoms with Crippen molar-refractivity contribution >= 4 is 23.9 Å². The average Bonchev–Trinajstić information content (AvgIpc) is 2.74. The monoisotopic (exact) mass is 498 g/mol. The van der Waals surface area contributed by atoms with E-state index >= 15 is 0 Å². The molecule has 0 amide bonds. The zero-order chi connectivity index (χ0) is 25.9. The average molecular weight is 498 g/mol. The van der Waals surface area contributed by atoms with Crippen molar-refractivity contribution in [1.82, 2.24) is 10.6 Å². The Kier molecular flexibility index (Phi) is 41.4. The number of carboxylic acid groups (broad SMARTS) is 4. The summed E-state index contributed by atoms with van der Waals surface area (Å²) in [6, 6.07) is -2.59. The molecule has 0 fully saturated rings. The molecule has 0 bridgehead atoms. The van der Waals surface area contributed by atoms with E-state index in [1.165, 1.54) is 0 Å². The molecule has 0 saturated carbocycles. The molecule has 0 spiro atoms. The summed E-state index contributed by atoms with van der Waals surface area (Å²) < 4.78 is 0. The van der Waals surface area contributed by atoms with Gasteiger partial charge in [0, 0.05) is 32.7 Å². The van der Waals surface area contributed by atoms with Crippen LogP contribution in [0.4, 0.5) is 0 Å². The van der Waals surface area contributed by atoms with Crippen LogP contribution in [-0.4, -0.2) is 124 Å². The first-order chi connectivity index (χ1) is 15.0. The smallest absolute Gasteiger partial charge is 0.481 e. The predicted molar refractivity (Wildman–Crippen MR) is 112 cm³/mol. The first-order valence-electron chi connectivity index (χ1n) is 9.27. The van der Waals surface area contributed by atoms with E-state index in [0.717, 1.165) is 0 Å². The molecule has 0 aliphatic carbocycles. The van der Waals surface area contributed by atoms with Gasteiger partial charge in [-0.25, -0.2) is 0 Å². The summed E-state index contributed by atoms with van der Waals surface area (Å²) in [5.74, 6) is -5.25. The second-order valence-electron chi connectivity index (χ2n) is 5.42. The molecule has 0 heterocycles. The Labute approximate surface area is 213 Å². The van der Waals surface area contributed by atoms with Gasteiger partial charge in [0.05, 0.1) is 32.7 Å². The Morgan fingerprint density at radius 3 is 0.939 bits per heavy atom. The summed E-state index contributed by atoms with van der Waals surface area (Å²) in [6.45, 7) is 1.38. The van der Waals surface area contributed by atoms with Crippen LogP contribution < -0.4 is 57.4 Å². The first-order valence-corrected chi connectivity index (χ1v) is 9.27. The van der Waals surface area contributed by atoms with Gasteiger partial charge in [0.1, 0.15) is 12.1 Å². The molecule has 0 radical (unpaired) electrons. The summed E-state index contributed by atoms with van der Waals surface area (Å²) in [6.07, 6.45) is -1.24. The molecule has 0 aromatic heterocycles. The van der Waals surface area contributed by atoms with Crippen LogP contribution in [0.25, 0.3) is 0 Å². The van der Waals surface area contributed by atoms with Crippen LogP contribution in [0.1, 0.15) is 12.8 Å². The number of aliphatic hydroxyl groups excluding tert-OH is 3. The van der Waals surface area contributed by atoms with Gasteiger partial charge in [-0.1, -0.05) is 0 Å². The molecule has 0 aromatic carbocycles. The molecule has 16 nitrogen and oxygen atoms in total. The number of carbonyl (C=O) groups is 4. The van der Waals surface area contributed by atoms with Crippen LogP contribution in [0.5, 0.6) is 0 Å². The van der Waals surface area contributed by atoms with E-state index in [1.807, 2.05) is 0 Å². The van der Waals surface area contributed by atoms with Gasteiger partial charge in [0.25, 0.3) is 0 Å². The van der Waals surface area contributed by atoms with Gasteiger partial charge in [-0.05, 0) is 0 Å². The van der Waals surface area contributed by atoms with E-state index in [-0.39, 0.29) is 62.5 Å². The fourth-order valence-corrected chi connectivity index (χ4v) is 1.34. The van der Waals surface area contributed by atoms with E-state index in [4.69, 9.17) is 52.9 Å². The fourth-order valence-electron chi connectivity index (χ4n) is 1.34. The van der Waals surface area contributed by atoms with E-state index in [1.54, 1.807) is 0 Å². The maximum absolute atomic E-state index is 10.7. The van der Waals surface area contributed by atoms with Gasteiger partial charge < -0.3 is 63.6 Å².